The van der Waals surface area contributed by atoms with Crippen molar-refractivity contribution in [3.63, 3.8) is 0 Å². The molecule has 0 bridgehead atoms. The topological polar surface area (TPSA) is 167 Å². The van der Waals surface area contributed by atoms with Crippen LogP contribution in [0.15, 0.2) is 115 Å². The van der Waals surface area contributed by atoms with Crippen LogP contribution in [0.4, 0.5) is 29.2 Å². The summed E-state index contributed by atoms with van der Waals surface area (Å²) in [6.07, 6.45) is 1.89. The van der Waals surface area contributed by atoms with Gasteiger partial charge in [0.25, 0.3) is 11.8 Å². The van der Waals surface area contributed by atoms with Crippen LogP contribution in [0.1, 0.15) is 26.3 Å². The second kappa shape index (κ2) is 17.9. The standard InChI is InChI=1S/C38H39N9O4/c48-34(28-9-5-2-6-10-28)40-19-21-50-23-24-51-22-20-41-36-45-37(47-38(46-36)44-32-15-16-33-30(25-32)17-18-39-33)43-31-13-11-29(12-14-31)35(49)42-26-27-7-3-1-4-8-27/h1-18,25,39H,19-24,26H2,(H,40,48)(H,42,49)(H3,41,43,44,45,46,47). The molecule has 0 spiro atoms. The van der Waals surface area contributed by atoms with Crippen LogP contribution in [0.5, 0.6) is 0 Å². The fourth-order valence-electron chi connectivity index (χ4n) is 5.03. The lowest BCUT2D eigenvalue weighted by Gasteiger charge is -2.12. The Morgan fingerprint density at radius 1 is 0.588 bits per heavy atom. The van der Waals surface area contributed by atoms with E-state index in [2.05, 4.69) is 46.5 Å². The van der Waals surface area contributed by atoms with Crippen LogP contribution >= 0.6 is 0 Å². The van der Waals surface area contributed by atoms with E-state index in [0.29, 0.717) is 80.7 Å². The minimum absolute atomic E-state index is 0.129. The van der Waals surface area contributed by atoms with Gasteiger partial charge in [-0.2, -0.15) is 15.0 Å². The molecule has 0 unspecified atom stereocenters. The van der Waals surface area contributed by atoms with Gasteiger partial charge >= 0.3 is 0 Å². The van der Waals surface area contributed by atoms with Crippen molar-refractivity contribution >= 4 is 51.9 Å². The molecular weight excluding hydrogens is 646 g/mol. The zero-order valence-electron chi connectivity index (χ0n) is 27.9. The van der Waals surface area contributed by atoms with Crippen molar-refractivity contribution in [3.05, 3.63) is 132 Å². The van der Waals surface area contributed by atoms with E-state index >= 15 is 0 Å². The summed E-state index contributed by atoms with van der Waals surface area (Å²) < 4.78 is 11.3. The first-order valence-corrected chi connectivity index (χ1v) is 16.6. The molecule has 0 atom stereocenters. The van der Waals surface area contributed by atoms with E-state index in [9.17, 15) is 9.59 Å². The summed E-state index contributed by atoms with van der Waals surface area (Å²) in [7, 11) is 0. The molecule has 0 saturated heterocycles. The first-order chi connectivity index (χ1) is 25.1. The largest absolute Gasteiger partial charge is 0.377 e. The molecular formula is C38H39N9O4. The summed E-state index contributed by atoms with van der Waals surface area (Å²) in [6.45, 7) is 2.87. The van der Waals surface area contributed by atoms with Crippen LogP contribution in [0.3, 0.4) is 0 Å². The van der Waals surface area contributed by atoms with E-state index in [1.807, 2.05) is 79.0 Å². The average molecular weight is 686 g/mol. The average Bonchev–Trinajstić information content (AvgIpc) is 3.64. The Morgan fingerprint density at radius 3 is 1.94 bits per heavy atom. The van der Waals surface area contributed by atoms with Gasteiger partial charge in [0.05, 0.1) is 26.4 Å². The molecule has 0 aliphatic rings. The minimum atomic E-state index is -0.163. The normalized spacial score (nSPS) is 10.8. The zero-order valence-corrected chi connectivity index (χ0v) is 27.9. The number of nitrogens with one attached hydrogen (secondary N) is 6. The Morgan fingerprint density at radius 2 is 1.20 bits per heavy atom. The van der Waals surface area contributed by atoms with Crippen LogP contribution < -0.4 is 26.6 Å². The SMILES string of the molecule is O=C(NCCOCCOCCNc1nc(Nc2ccc(C(=O)NCc3ccccc3)cc2)nc(Nc2ccc3[nH]ccc3c2)n1)c1ccccc1. The predicted octanol–water partition coefficient (Wildman–Crippen LogP) is 5.65. The van der Waals surface area contributed by atoms with E-state index in [4.69, 9.17) is 9.47 Å². The maximum atomic E-state index is 12.7. The van der Waals surface area contributed by atoms with Crippen molar-refractivity contribution in [2.75, 3.05) is 55.5 Å². The fourth-order valence-corrected chi connectivity index (χ4v) is 5.03. The number of hydrogen-bond donors (Lipinski definition) is 6. The fraction of sp³-hybridized carbons (Fsp3) is 0.184. The van der Waals surface area contributed by atoms with Crippen LogP contribution in [0, 0.1) is 0 Å². The molecule has 4 aromatic carbocycles. The zero-order chi connectivity index (χ0) is 35.1. The number of fused-ring (bicyclic) bond motifs is 1. The van der Waals surface area contributed by atoms with Gasteiger partial charge in [-0.3, -0.25) is 9.59 Å². The van der Waals surface area contributed by atoms with Crippen LogP contribution in [0.2, 0.25) is 0 Å². The number of anilines is 5. The lowest BCUT2D eigenvalue weighted by Crippen LogP contribution is -2.27. The summed E-state index contributed by atoms with van der Waals surface area (Å²) in [5.74, 6) is 0.714. The van der Waals surface area contributed by atoms with E-state index in [-0.39, 0.29) is 11.8 Å². The smallest absolute Gasteiger partial charge is 0.251 e. The highest BCUT2D eigenvalue weighted by Crippen LogP contribution is 2.22. The quantitative estimate of drug-likeness (QED) is 0.0623. The molecule has 2 amide bonds. The Hall–Kier alpha value is -6.31. The third-order valence-electron chi connectivity index (χ3n) is 7.61. The molecule has 2 heterocycles. The van der Waals surface area contributed by atoms with E-state index in [1.54, 1.807) is 36.4 Å². The van der Waals surface area contributed by atoms with Gasteiger partial charge in [-0.1, -0.05) is 48.5 Å². The minimum Gasteiger partial charge on any atom is -0.377 e. The van der Waals surface area contributed by atoms with Gasteiger partial charge in [-0.15, -0.1) is 0 Å². The van der Waals surface area contributed by atoms with E-state index in [0.717, 1.165) is 22.2 Å². The number of benzene rings is 4. The van der Waals surface area contributed by atoms with Crippen molar-refractivity contribution in [3.8, 4) is 0 Å². The monoisotopic (exact) mass is 685 g/mol. The second-order valence-corrected chi connectivity index (χ2v) is 11.4. The Kier molecular flexibility index (Phi) is 12.1. The van der Waals surface area contributed by atoms with Gasteiger partial charge in [0.15, 0.2) is 0 Å². The molecule has 0 radical (unpaired) electrons. The van der Waals surface area contributed by atoms with Crippen LogP contribution in [0.25, 0.3) is 10.9 Å². The maximum Gasteiger partial charge on any atom is 0.251 e. The summed E-state index contributed by atoms with van der Waals surface area (Å²) in [6, 6.07) is 33.8. The molecule has 51 heavy (non-hydrogen) atoms. The number of nitrogens with zero attached hydrogens (tertiary/aromatic N) is 3. The van der Waals surface area contributed by atoms with E-state index in [1.165, 1.54) is 0 Å². The summed E-state index contributed by atoms with van der Waals surface area (Å²) >= 11 is 0. The van der Waals surface area contributed by atoms with Gasteiger partial charge in [0.2, 0.25) is 17.8 Å². The number of rotatable bonds is 18. The van der Waals surface area contributed by atoms with Crippen molar-refractivity contribution in [2.24, 2.45) is 0 Å². The molecule has 6 rings (SSSR count). The Balaban J connectivity index is 0.996. The number of H-pyrrole nitrogens is 1. The number of aromatic nitrogens is 4. The second-order valence-electron chi connectivity index (χ2n) is 11.4. The molecule has 0 aliphatic heterocycles. The highest BCUT2D eigenvalue weighted by Gasteiger charge is 2.10. The van der Waals surface area contributed by atoms with Crippen molar-refractivity contribution in [2.45, 2.75) is 6.54 Å². The van der Waals surface area contributed by atoms with Gasteiger partial charge in [0.1, 0.15) is 0 Å². The number of aromatic amines is 1. The Bertz CT molecular complexity index is 2010. The number of hydrogen-bond acceptors (Lipinski definition) is 10. The van der Waals surface area contributed by atoms with Crippen molar-refractivity contribution in [1.82, 2.24) is 30.6 Å². The van der Waals surface area contributed by atoms with Crippen LogP contribution in [-0.2, 0) is 16.0 Å². The van der Waals surface area contributed by atoms with Gasteiger partial charge in [0, 0.05) is 59.2 Å². The Labute approximate surface area is 295 Å². The third-order valence-corrected chi connectivity index (χ3v) is 7.61. The van der Waals surface area contributed by atoms with E-state index < -0.39 is 0 Å². The molecule has 0 fully saturated rings. The summed E-state index contributed by atoms with van der Waals surface area (Å²) in [5.41, 5.74) is 4.73. The maximum absolute atomic E-state index is 12.7. The van der Waals surface area contributed by atoms with Crippen molar-refractivity contribution < 1.29 is 19.1 Å². The van der Waals surface area contributed by atoms with Crippen LogP contribution in [-0.4, -0.2) is 71.3 Å². The molecule has 0 aliphatic carbocycles. The van der Waals surface area contributed by atoms with Gasteiger partial charge in [-0.25, -0.2) is 0 Å². The molecule has 6 N–H and O–H groups in total. The lowest BCUT2D eigenvalue weighted by molar-refractivity contribution is 0.0519. The lowest BCUT2D eigenvalue weighted by atomic mass is 10.2. The van der Waals surface area contributed by atoms with Gasteiger partial charge in [-0.05, 0) is 66.2 Å². The first kappa shape index (κ1) is 34.5. The molecule has 6 aromatic rings. The number of ether oxygens (including phenoxy) is 2. The predicted molar refractivity (Wildman–Crippen MR) is 198 cm³/mol. The molecule has 260 valence electrons. The van der Waals surface area contributed by atoms with Gasteiger partial charge < -0.3 is 41.0 Å². The summed E-state index contributed by atoms with van der Waals surface area (Å²) in [5, 5.41) is 16.5. The van der Waals surface area contributed by atoms with Crippen molar-refractivity contribution in [1.29, 1.82) is 0 Å². The highest BCUT2D eigenvalue weighted by atomic mass is 16.5. The summed E-state index contributed by atoms with van der Waals surface area (Å²) in [4.78, 5) is 41.7. The highest BCUT2D eigenvalue weighted by molar-refractivity contribution is 5.95. The third kappa shape index (κ3) is 10.6. The molecule has 2 aromatic heterocycles. The first-order valence-electron chi connectivity index (χ1n) is 16.6. The molecule has 13 nitrogen and oxygen atoms in total. The number of amides is 2. The number of carbonyl (C=O) groups excluding carboxylic acids is 2. The molecule has 13 heteroatoms. The number of carbonyl (C=O) groups is 2. The molecule has 0 saturated carbocycles.